The number of anilines is 1. The van der Waals surface area contributed by atoms with Gasteiger partial charge in [-0.2, -0.15) is 0 Å². The van der Waals surface area contributed by atoms with E-state index in [1.165, 1.54) is 19.2 Å². The molecule has 19 heavy (non-hydrogen) atoms. The number of hydrogen-bond donors (Lipinski definition) is 0. The molecule has 1 fully saturated rings. The summed E-state index contributed by atoms with van der Waals surface area (Å²) in [5, 5.41) is 0.214. The predicted octanol–water partition coefficient (Wildman–Crippen LogP) is 1.86. The standard InChI is InChI=1S/C13H19ClN4O/c1-3-18-6-4-5-10(18)7-17(2)13-11(8-19)12(14)15-9-16-13/h8-10H,3-7H2,1-2H3. The molecule has 2 rings (SSSR count). The lowest BCUT2D eigenvalue weighted by Gasteiger charge is -2.28. The van der Waals surface area contributed by atoms with Crippen molar-refractivity contribution in [3.63, 3.8) is 0 Å². The van der Waals surface area contributed by atoms with E-state index in [1.807, 2.05) is 11.9 Å². The van der Waals surface area contributed by atoms with Gasteiger partial charge >= 0.3 is 0 Å². The molecule has 0 aliphatic carbocycles. The first kappa shape index (κ1) is 14.2. The van der Waals surface area contributed by atoms with Crippen LogP contribution in [0.2, 0.25) is 5.15 Å². The SMILES string of the molecule is CCN1CCCC1CN(C)c1ncnc(Cl)c1C=O. The average molecular weight is 283 g/mol. The molecule has 1 unspecified atom stereocenters. The summed E-state index contributed by atoms with van der Waals surface area (Å²) in [4.78, 5) is 23.6. The number of likely N-dealkylation sites (tertiary alicyclic amines) is 1. The van der Waals surface area contributed by atoms with Crippen molar-refractivity contribution < 1.29 is 4.79 Å². The van der Waals surface area contributed by atoms with E-state index in [2.05, 4.69) is 21.8 Å². The summed E-state index contributed by atoms with van der Waals surface area (Å²) < 4.78 is 0. The minimum Gasteiger partial charge on any atom is -0.357 e. The Morgan fingerprint density at radius 3 is 3.05 bits per heavy atom. The molecular formula is C13H19ClN4O. The van der Waals surface area contributed by atoms with Gasteiger partial charge in [-0.3, -0.25) is 9.69 Å². The van der Waals surface area contributed by atoms with E-state index in [4.69, 9.17) is 11.6 Å². The zero-order valence-electron chi connectivity index (χ0n) is 11.3. The second-order valence-electron chi connectivity index (χ2n) is 4.82. The number of carbonyl (C=O) groups is 1. The Morgan fingerprint density at radius 2 is 2.37 bits per heavy atom. The van der Waals surface area contributed by atoms with E-state index in [9.17, 15) is 4.79 Å². The fourth-order valence-electron chi connectivity index (χ4n) is 2.69. The molecule has 0 spiro atoms. The molecule has 1 aromatic rings. The maximum absolute atomic E-state index is 11.1. The smallest absolute Gasteiger partial charge is 0.156 e. The maximum atomic E-state index is 11.1. The molecule has 1 aliphatic rings. The predicted molar refractivity (Wildman–Crippen MR) is 76.0 cm³/mol. The van der Waals surface area contributed by atoms with Crippen LogP contribution in [0.1, 0.15) is 30.1 Å². The Balaban J connectivity index is 2.13. The quantitative estimate of drug-likeness (QED) is 0.609. The van der Waals surface area contributed by atoms with Crippen molar-refractivity contribution >= 4 is 23.7 Å². The van der Waals surface area contributed by atoms with Gasteiger partial charge in [0.1, 0.15) is 17.3 Å². The van der Waals surface area contributed by atoms with Crippen LogP contribution in [0, 0.1) is 0 Å². The minimum atomic E-state index is 0.214. The van der Waals surface area contributed by atoms with Crippen LogP contribution >= 0.6 is 11.6 Å². The third-order valence-electron chi connectivity index (χ3n) is 3.68. The van der Waals surface area contributed by atoms with Gasteiger partial charge in [0.15, 0.2) is 6.29 Å². The molecule has 2 heterocycles. The normalized spacial score (nSPS) is 19.6. The minimum absolute atomic E-state index is 0.214. The molecule has 0 amide bonds. The van der Waals surface area contributed by atoms with E-state index in [1.54, 1.807) is 0 Å². The van der Waals surface area contributed by atoms with Gasteiger partial charge in [-0.1, -0.05) is 18.5 Å². The summed E-state index contributed by atoms with van der Waals surface area (Å²) in [7, 11) is 1.94. The van der Waals surface area contributed by atoms with Gasteiger partial charge in [-0.15, -0.1) is 0 Å². The molecule has 104 valence electrons. The van der Waals surface area contributed by atoms with Crippen LogP contribution in [0.4, 0.5) is 5.82 Å². The van der Waals surface area contributed by atoms with Gasteiger partial charge in [0, 0.05) is 19.6 Å². The van der Waals surface area contributed by atoms with E-state index < -0.39 is 0 Å². The number of aldehydes is 1. The first-order chi connectivity index (χ1) is 9.17. The first-order valence-electron chi connectivity index (χ1n) is 6.58. The van der Waals surface area contributed by atoms with E-state index in [0.717, 1.165) is 25.9 Å². The summed E-state index contributed by atoms with van der Waals surface area (Å²) in [6.45, 7) is 5.24. The lowest BCUT2D eigenvalue weighted by Crippen LogP contribution is -2.39. The molecule has 6 heteroatoms. The maximum Gasteiger partial charge on any atom is 0.156 e. The molecular weight excluding hydrogens is 264 g/mol. The Bertz CT molecular complexity index is 454. The average Bonchev–Trinajstić information content (AvgIpc) is 2.85. The zero-order valence-corrected chi connectivity index (χ0v) is 12.1. The lowest BCUT2D eigenvalue weighted by atomic mass is 10.2. The van der Waals surface area contributed by atoms with E-state index in [-0.39, 0.29) is 5.15 Å². The van der Waals surface area contributed by atoms with Crippen molar-refractivity contribution in [3.8, 4) is 0 Å². The van der Waals surface area contributed by atoms with Gasteiger partial charge in [-0.05, 0) is 25.9 Å². The van der Waals surface area contributed by atoms with Crippen molar-refractivity contribution in [1.29, 1.82) is 0 Å². The molecule has 1 aliphatic heterocycles. The van der Waals surface area contributed by atoms with Crippen molar-refractivity contribution in [2.24, 2.45) is 0 Å². The summed E-state index contributed by atoms with van der Waals surface area (Å²) >= 11 is 5.93. The van der Waals surface area contributed by atoms with Crippen LogP contribution in [0.3, 0.4) is 0 Å². The highest BCUT2D eigenvalue weighted by molar-refractivity contribution is 6.32. The van der Waals surface area contributed by atoms with Gasteiger partial charge < -0.3 is 4.90 Å². The van der Waals surface area contributed by atoms with Crippen LogP contribution in [0.25, 0.3) is 0 Å². The van der Waals surface area contributed by atoms with Gasteiger partial charge in [0.2, 0.25) is 0 Å². The third kappa shape index (κ3) is 3.04. The number of nitrogens with zero attached hydrogens (tertiary/aromatic N) is 4. The molecule has 5 nitrogen and oxygen atoms in total. The fraction of sp³-hybridized carbons (Fsp3) is 0.615. The Labute approximate surface area is 118 Å². The summed E-state index contributed by atoms with van der Waals surface area (Å²) in [6, 6.07) is 0.517. The highest BCUT2D eigenvalue weighted by Gasteiger charge is 2.25. The highest BCUT2D eigenvalue weighted by atomic mass is 35.5. The van der Waals surface area contributed by atoms with Crippen LogP contribution in [-0.4, -0.2) is 53.9 Å². The Hall–Kier alpha value is -1.20. The highest BCUT2D eigenvalue weighted by Crippen LogP contribution is 2.23. The Kier molecular flexibility index (Phi) is 4.71. The van der Waals surface area contributed by atoms with Crippen molar-refractivity contribution in [2.45, 2.75) is 25.8 Å². The van der Waals surface area contributed by atoms with Crippen LogP contribution < -0.4 is 4.90 Å². The number of hydrogen-bond acceptors (Lipinski definition) is 5. The topological polar surface area (TPSA) is 49.3 Å². The number of halogens is 1. The first-order valence-corrected chi connectivity index (χ1v) is 6.96. The van der Waals surface area contributed by atoms with Crippen molar-refractivity contribution in [2.75, 3.05) is 31.6 Å². The van der Waals surface area contributed by atoms with Crippen molar-refractivity contribution in [3.05, 3.63) is 17.0 Å². The van der Waals surface area contributed by atoms with Gasteiger partial charge in [0.25, 0.3) is 0 Å². The summed E-state index contributed by atoms with van der Waals surface area (Å²) in [6.07, 6.45) is 4.54. The molecule has 1 atom stereocenters. The van der Waals surface area contributed by atoms with Crippen molar-refractivity contribution in [1.82, 2.24) is 14.9 Å². The molecule has 1 saturated heterocycles. The molecule has 0 radical (unpaired) electrons. The fourth-order valence-corrected chi connectivity index (χ4v) is 2.86. The van der Waals surface area contributed by atoms with Crippen LogP contribution in [0.15, 0.2) is 6.33 Å². The number of rotatable bonds is 5. The van der Waals surface area contributed by atoms with Crippen LogP contribution in [0.5, 0.6) is 0 Å². The summed E-state index contributed by atoms with van der Waals surface area (Å²) in [5.74, 6) is 0.609. The van der Waals surface area contributed by atoms with Gasteiger partial charge in [0.05, 0.1) is 5.56 Å². The number of carbonyl (C=O) groups excluding carboxylic acids is 1. The number of aromatic nitrogens is 2. The monoisotopic (exact) mass is 282 g/mol. The molecule has 0 saturated carbocycles. The van der Waals surface area contributed by atoms with Crippen LogP contribution in [-0.2, 0) is 0 Å². The Morgan fingerprint density at radius 1 is 1.58 bits per heavy atom. The molecule has 1 aromatic heterocycles. The van der Waals surface area contributed by atoms with E-state index >= 15 is 0 Å². The largest absolute Gasteiger partial charge is 0.357 e. The molecule has 0 bridgehead atoms. The third-order valence-corrected chi connectivity index (χ3v) is 3.98. The second-order valence-corrected chi connectivity index (χ2v) is 5.18. The number of likely N-dealkylation sites (N-methyl/N-ethyl adjacent to an activating group) is 2. The molecule has 0 N–H and O–H groups in total. The molecule has 0 aromatic carbocycles. The van der Waals surface area contributed by atoms with Gasteiger partial charge in [-0.25, -0.2) is 9.97 Å². The lowest BCUT2D eigenvalue weighted by molar-refractivity contribution is 0.112. The van der Waals surface area contributed by atoms with E-state index in [0.29, 0.717) is 17.4 Å². The second kappa shape index (κ2) is 6.30. The zero-order chi connectivity index (χ0) is 13.8. The summed E-state index contributed by atoms with van der Waals surface area (Å²) in [5.41, 5.74) is 0.368.